The third-order valence-corrected chi connectivity index (χ3v) is 3.79. The van der Waals surface area contributed by atoms with E-state index in [1.165, 1.54) is 0 Å². The van der Waals surface area contributed by atoms with E-state index in [-0.39, 0.29) is 0 Å². The summed E-state index contributed by atoms with van der Waals surface area (Å²) in [4.78, 5) is 0. The summed E-state index contributed by atoms with van der Waals surface area (Å²) in [5, 5.41) is 4.11. The Labute approximate surface area is 131 Å². The highest BCUT2D eigenvalue weighted by atomic mass is 35.5. The maximum atomic E-state index is 6.15. The summed E-state index contributed by atoms with van der Waals surface area (Å²) in [5.41, 5.74) is 2.04. The van der Waals surface area contributed by atoms with Crippen LogP contribution in [0.15, 0.2) is 28.7 Å². The predicted molar refractivity (Wildman–Crippen MR) is 85.9 cm³/mol. The molecule has 0 saturated heterocycles. The Morgan fingerprint density at radius 1 is 1.14 bits per heavy atom. The van der Waals surface area contributed by atoms with E-state index in [9.17, 15) is 0 Å². The first-order valence-electron chi connectivity index (χ1n) is 7.16. The van der Waals surface area contributed by atoms with Gasteiger partial charge in [-0.15, -0.1) is 0 Å². The van der Waals surface area contributed by atoms with E-state index in [2.05, 4.69) is 19.2 Å². The highest BCUT2D eigenvalue weighted by molar-refractivity contribution is 6.32. The normalized spacial score (nSPS) is 11.1. The first-order valence-corrected chi connectivity index (χ1v) is 7.54. The minimum Gasteiger partial charge on any atom is -0.486 e. The van der Waals surface area contributed by atoms with Crippen LogP contribution in [0.1, 0.15) is 36.5 Å². The maximum absolute atomic E-state index is 6.15. The van der Waals surface area contributed by atoms with Crippen molar-refractivity contribution in [1.29, 1.82) is 0 Å². The van der Waals surface area contributed by atoms with E-state index < -0.39 is 0 Å². The average Bonchev–Trinajstić information content (AvgIpc) is 2.88. The number of hydrogen-bond donors (Lipinski definition) is 1. The molecule has 0 amide bonds. The van der Waals surface area contributed by atoms with Crippen LogP contribution in [0.4, 0.5) is 0 Å². The summed E-state index contributed by atoms with van der Waals surface area (Å²) < 4.78 is 11.5. The monoisotopic (exact) mass is 307 g/mol. The van der Waals surface area contributed by atoms with Crippen LogP contribution in [0.5, 0.6) is 5.75 Å². The lowest BCUT2D eigenvalue weighted by molar-refractivity contribution is 0.264. The number of aryl methyl sites for hydroxylation is 2. The Bertz CT molecular complexity index is 582. The zero-order valence-electron chi connectivity index (χ0n) is 13.0. The molecule has 1 heterocycles. The van der Waals surface area contributed by atoms with Crippen LogP contribution < -0.4 is 10.1 Å². The van der Waals surface area contributed by atoms with Gasteiger partial charge in [-0.05, 0) is 49.2 Å². The van der Waals surface area contributed by atoms with E-state index in [1.54, 1.807) is 0 Å². The average molecular weight is 308 g/mol. The Balaban J connectivity index is 1.94. The molecule has 4 heteroatoms. The van der Waals surface area contributed by atoms with Crippen LogP contribution in [-0.2, 0) is 13.2 Å². The van der Waals surface area contributed by atoms with Crippen molar-refractivity contribution in [2.75, 3.05) is 0 Å². The predicted octanol–water partition coefficient (Wildman–Crippen LogP) is 4.63. The van der Waals surface area contributed by atoms with Crippen molar-refractivity contribution in [3.05, 3.63) is 51.9 Å². The van der Waals surface area contributed by atoms with Crippen LogP contribution in [-0.4, -0.2) is 6.04 Å². The van der Waals surface area contributed by atoms with Gasteiger partial charge >= 0.3 is 0 Å². The number of benzene rings is 1. The third kappa shape index (κ3) is 4.51. The lowest BCUT2D eigenvalue weighted by atomic mass is 10.1. The van der Waals surface area contributed by atoms with E-state index in [1.807, 2.05) is 38.1 Å². The van der Waals surface area contributed by atoms with Gasteiger partial charge in [-0.25, -0.2) is 0 Å². The zero-order chi connectivity index (χ0) is 15.4. The molecule has 0 atom stereocenters. The molecule has 0 spiro atoms. The molecule has 1 N–H and O–H groups in total. The van der Waals surface area contributed by atoms with Crippen LogP contribution >= 0.6 is 11.6 Å². The van der Waals surface area contributed by atoms with Gasteiger partial charge < -0.3 is 14.5 Å². The summed E-state index contributed by atoms with van der Waals surface area (Å²) in [6.45, 7) is 9.32. The molecule has 2 rings (SSSR count). The summed E-state index contributed by atoms with van der Waals surface area (Å²) in [6, 6.07) is 8.26. The fourth-order valence-electron chi connectivity index (χ4n) is 2.04. The molecular weight excluding hydrogens is 286 g/mol. The van der Waals surface area contributed by atoms with Crippen molar-refractivity contribution in [3.63, 3.8) is 0 Å². The van der Waals surface area contributed by atoms with Crippen molar-refractivity contribution < 1.29 is 9.15 Å². The first-order chi connectivity index (χ1) is 9.95. The standard InChI is InChI=1S/C17H22ClNO2/c1-11(2)19-9-14-5-6-15(21-14)10-20-16-7-12(3)17(18)13(4)8-16/h5-8,11,19H,9-10H2,1-4H3. The Morgan fingerprint density at radius 3 is 2.38 bits per heavy atom. The third-order valence-electron chi connectivity index (χ3n) is 3.19. The van der Waals surface area contributed by atoms with Crippen molar-refractivity contribution in [2.24, 2.45) is 0 Å². The molecule has 21 heavy (non-hydrogen) atoms. The van der Waals surface area contributed by atoms with E-state index in [0.717, 1.165) is 40.0 Å². The minimum atomic E-state index is 0.419. The van der Waals surface area contributed by atoms with Crippen LogP contribution in [0.2, 0.25) is 5.02 Å². The Hall–Kier alpha value is -1.45. The van der Waals surface area contributed by atoms with Gasteiger partial charge in [0.15, 0.2) is 0 Å². The highest BCUT2D eigenvalue weighted by Crippen LogP contribution is 2.26. The smallest absolute Gasteiger partial charge is 0.146 e. The lowest BCUT2D eigenvalue weighted by Gasteiger charge is -2.09. The highest BCUT2D eigenvalue weighted by Gasteiger charge is 2.06. The Kier molecular flexibility index (Phi) is 5.32. The van der Waals surface area contributed by atoms with Crippen molar-refractivity contribution >= 4 is 11.6 Å². The van der Waals surface area contributed by atoms with Gasteiger partial charge in [-0.2, -0.15) is 0 Å². The van der Waals surface area contributed by atoms with Crippen LogP contribution in [0.25, 0.3) is 0 Å². The molecule has 0 fully saturated rings. The maximum Gasteiger partial charge on any atom is 0.146 e. The summed E-state index contributed by atoms with van der Waals surface area (Å²) in [5.74, 6) is 2.55. The second-order valence-corrected chi connectivity index (χ2v) is 5.94. The molecule has 0 aliphatic heterocycles. The quantitative estimate of drug-likeness (QED) is 0.845. The lowest BCUT2D eigenvalue weighted by Crippen LogP contribution is -2.21. The van der Waals surface area contributed by atoms with Gasteiger partial charge in [0.2, 0.25) is 0 Å². The number of ether oxygens (including phenoxy) is 1. The molecule has 0 aliphatic carbocycles. The van der Waals surface area contributed by atoms with Gasteiger partial charge in [0.1, 0.15) is 23.9 Å². The second kappa shape index (κ2) is 7.01. The topological polar surface area (TPSA) is 34.4 Å². The number of nitrogens with one attached hydrogen (secondary N) is 1. The molecule has 1 aromatic heterocycles. The number of halogens is 1. The van der Waals surface area contributed by atoms with Crippen molar-refractivity contribution in [3.8, 4) is 5.75 Å². The molecule has 0 aliphatic rings. The van der Waals surface area contributed by atoms with Crippen molar-refractivity contribution in [1.82, 2.24) is 5.32 Å². The van der Waals surface area contributed by atoms with E-state index in [0.29, 0.717) is 12.6 Å². The largest absolute Gasteiger partial charge is 0.486 e. The van der Waals surface area contributed by atoms with E-state index in [4.69, 9.17) is 20.8 Å². The van der Waals surface area contributed by atoms with Gasteiger partial charge in [0.05, 0.1) is 6.54 Å². The number of hydrogen-bond acceptors (Lipinski definition) is 3. The molecule has 0 radical (unpaired) electrons. The zero-order valence-corrected chi connectivity index (χ0v) is 13.8. The summed E-state index contributed by atoms with van der Waals surface area (Å²) >= 11 is 6.15. The van der Waals surface area contributed by atoms with Crippen molar-refractivity contribution in [2.45, 2.75) is 46.9 Å². The summed E-state index contributed by atoms with van der Waals surface area (Å²) in [7, 11) is 0. The van der Waals surface area contributed by atoms with Crippen LogP contribution in [0, 0.1) is 13.8 Å². The fourth-order valence-corrected chi connectivity index (χ4v) is 2.15. The molecule has 0 saturated carbocycles. The van der Waals surface area contributed by atoms with Gasteiger partial charge in [-0.3, -0.25) is 0 Å². The molecule has 114 valence electrons. The number of rotatable bonds is 6. The molecule has 1 aromatic carbocycles. The van der Waals surface area contributed by atoms with Gasteiger partial charge in [0.25, 0.3) is 0 Å². The first kappa shape index (κ1) is 15.9. The van der Waals surface area contributed by atoms with Crippen LogP contribution in [0.3, 0.4) is 0 Å². The molecule has 3 nitrogen and oxygen atoms in total. The van der Waals surface area contributed by atoms with Gasteiger partial charge in [-0.1, -0.05) is 25.4 Å². The Morgan fingerprint density at radius 2 is 1.76 bits per heavy atom. The minimum absolute atomic E-state index is 0.419. The second-order valence-electron chi connectivity index (χ2n) is 5.56. The van der Waals surface area contributed by atoms with E-state index >= 15 is 0 Å². The number of furan rings is 1. The molecule has 0 bridgehead atoms. The molecule has 2 aromatic rings. The fraction of sp³-hybridized carbons (Fsp3) is 0.412. The van der Waals surface area contributed by atoms with Gasteiger partial charge in [0, 0.05) is 11.1 Å². The SMILES string of the molecule is Cc1cc(OCc2ccc(CNC(C)C)o2)cc(C)c1Cl. The summed E-state index contributed by atoms with van der Waals surface area (Å²) in [6.07, 6.45) is 0. The molecule has 0 unspecified atom stereocenters. The molecular formula is C17H22ClNO2.